The molecule has 0 aromatic rings. The number of amides is 1. The maximum Gasteiger partial charge on any atom is 0.242 e. The molecule has 2 atom stereocenters. The minimum Gasteiger partial charge on any atom is -0.341 e. The van der Waals surface area contributed by atoms with Gasteiger partial charge in [0.15, 0.2) is 0 Å². The van der Waals surface area contributed by atoms with Crippen molar-refractivity contribution in [1.82, 2.24) is 4.90 Å². The average molecular weight is 224 g/mol. The normalized spacial score (nSPS) is 30.7. The zero-order valence-electron chi connectivity index (χ0n) is 10.5. The Balaban J connectivity index is 1.97. The number of carbonyl (C=O) groups excluding carboxylic acids is 1. The number of nitrogens with zero attached hydrogens (tertiary/aromatic N) is 1. The molecule has 1 aliphatic carbocycles. The molecule has 2 N–H and O–H groups in total. The third-order valence-electron chi connectivity index (χ3n) is 4.19. The molecule has 3 heteroatoms. The number of likely N-dealkylation sites (tertiary alicyclic amines) is 1. The number of nitrogens with two attached hydrogens (primary N) is 1. The Bertz CT molecular complexity index is 271. The van der Waals surface area contributed by atoms with Gasteiger partial charge in [0.2, 0.25) is 5.91 Å². The molecule has 0 aromatic carbocycles. The topological polar surface area (TPSA) is 46.3 Å². The Morgan fingerprint density at radius 1 is 1.25 bits per heavy atom. The van der Waals surface area contributed by atoms with Crippen molar-refractivity contribution in [2.45, 2.75) is 51.5 Å². The van der Waals surface area contributed by atoms with Gasteiger partial charge in [-0.2, -0.15) is 0 Å². The Morgan fingerprint density at radius 3 is 2.56 bits per heavy atom. The van der Waals surface area contributed by atoms with Crippen LogP contribution in [0.1, 0.15) is 46.0 Å². The van der Waals surface area contributed by atoms with Gasteiger partial charge in [-0.25, -0.2) is 0 Å². The van der Waals surface area contributed by atoms with E-state index in [9.17, 15) is 4.79 Å². The highest BCUT2D eigenvalue weighted by Gasteiger charge is 2.45. The average Bonchev–Trinajstić information content (AvgIpc) is 3.03. The summed E-state index contributed by atoms with van der Waals surface area (Å²) < 4.78 is 0. The van der Waals surface area contributed by atoms with Gasteiger partial charge in [0.25, 0.3) is 0 Å². The van der Waals surface area contributed by atoms with Gasteiger partial charge in [0, 0.05) is 13.1 Å². The highest BCUT2D eigenvalue weighted by Crippen LogP contribution is 2.39. The summed E-state index contributed by atoms with van der Waals surface area (Å²) in [5.74, 6) is 1.37. The summed E-state index contributed by atoms with van der Waals surface area (Å²) in [6.07, 6.45) is 5.76. The molecule has 2 aliphatic rings. The lowest BCUT2D eigenvalue weighted by molar-refractivity contribution is -0.137. The number of rotatable bonds is 2. The molecule has 92 valence electrons. The zero-order chi connectivity index (χ0) is 11.8. The summed E-state index contributed by atoms with van der Waals surface area (Å²) in [5, 5.41) is 0. The molecule has 1 aliphatic heterocycles. The molecule has 1 saturated heterocycles. The first-order valence-electron chi connectivity index (χ1n) is 6.60. The van der Waals surface area contributed by atoms with Crippen molar-refractivity contribution in [3.8, 4) is 0 Å². The van der Waals surface area contributed by atoms with E-state index in [1.807, 2.05) is 11.8 Å². The Hall–Kier alpha value is -0.570. The summed E-state index contributed by atoms with van der Waals surface area (Å²) in [6.45, 7) is 6.00. The largest absolute Gasteiger partial charge is 0.341 e. The predicted octanol–water partition coefficient (Wildman–Crippen LogP) is 1.76. The van der Waals surface area contributed by atoms with Crippen LogP contribution in [0, 0.1) is 11.8 Å². The van der Waals surface area contributed by atoms with Crippen LogP contribution in [-0.2, 0) is 4.79 Å². The zero-order valence-corrected chi connectivity index (χ0v) is 10.5. The molecular weight excluding hydrogens is 200 g/mol. The van der Waals surface area contributed by atoms with Crippen LogP contribution < -0.4 is 5.73 Å². The number of hydrogen-bond donors (Lipinski definition) is 1. The molecular formula is C13H24N2O. The molecule has 0 radical (unpaired) electrons. The fourth-order valence-corrected chi connectivity index (χ4v) is 2.66. The first-order valence-corrected chi connectivity index (χ1v) is 6.60. The highest BCUT2D eigenvalue weighted by atomic mass is 16.2. The summed E-state index contributed by atoms with van der Waals surface area (Å²) in [7, 11) is 0. The molecule has 1 amide bonds. The highest BCUT2D eigenvalue weighted by molar-refractivity contribution is 5.86. The van der Waals surface area contributed by atoms with E-state index in [-0.39, 0.29) is 5.91 Å². The van der Waals surface area contributed by atoms with Crippen LogP contribution in [0.15, 0.2) is 0 Å². The lowest BCUT2D eigenvalue weighted by Gasteiger charge is -2.31. The SMILES string of the molecule is CC1CCCN(C(=O)C(C)(N)C2CC2)CC1. The van der Waals surface area contributed by atoms with Crippen molar-refractivity contribution in [3.05, 3.63) is 0 Å². The second-order valence-corrected chi connectivity index (χ2v) is 5.89. The van der Waals surface area contributed by atoms with Crippen LogP contribution in [0.25, 0.3) is 0 Å². The summed E-state index contributed by atoms with van der Waals surface area (Å²) in [5.41, 5.74) is 5.59. The maximum absolute atomic E-state index is 12.4. The third kappa shape index (κ3) is 2.40. The number of hydrogen-bond acceptors (Lipinski definition) is 2. The van der Waals surface area contributed by atoms with E-state index in [1.54, 1.807) is 0 Å². The monoisotopic (exact) mass is 224 g/mol. The molecule has 0 aromatic heterocycles. The van der Waals surface area contributed by atoms with Gasteiger partial charge in [-0.1, -0.05) is 6.92 Å². The lowest BCUT2D eigenvalue weighted by atomic mass is 9.95. The van der Waals surface area contributed by atoms with Gasteiger partial charge in [-0.15, -0.1) is 0 Å². The van der Waals surface area contributed by atoms with Gasteiger partial charge in [0.05, 0.1) is 5.54 Å². The van der Waals surface area contributed by atoms with E-state index in [4.69, 9.17) is 5.73 Å². The van der Waals surface area contributed by atoms with Gasteiger partial charge < -0.3 is 10.6 Å². The van der Waals surface area contributed by atoms with Crippen LogP contribution >= 0.6 is 0 Å². The van der Waals surface area contributed by atoms with E-state index in [1.165, 1.54) is 6.42 Å². The summed E-state index contributed by atoms with van der Waals surface area (Å²) >= 11 is 0. The standard InChI is InChI=1S/C13H24N2O/c1-10-4-3-8-15(9-7-10)12(16)13(2,14)11-5-6-11/h10-11H,3-9,14H2,1-2H3. The van der Waals surface area contributed by atoms with Gasteiger partial charge in [-0.05, 0) is 50.9 Å². The van der Waals surface area contributed by atoms with Gasteiger partial charge in [-0.3, -0.25) is 4.79 Å². The van der Waals surface area contributed by atoms with Crippen molar-refractivity contribution in [2.75, 3.05) is 13.1 Å². The number of carbonyl (C=O) groups is 1. The molecule has 1 heterocycles. The Kier molecular flexibility index (Phi) is 3.24. The fraction of sp³-hybridized carbons (Fsp3) is 0.923. The Labute approximate surface area is 98.4 Å². The van der Waals surface area contributed by atoms with Gasteiger partial charge in [0.1, 0.15) is 0 Å². The molecule has 2 unspecified atom stereocenters. The van der Waals surface area contributed by atoms with E-state index in [0.717, 1.165) is 44.7 Å². The van der Waals surface area contributed by atoms with Crippen LogP contribution in [0.4, 0.5) is 0 Å². The molecule has 0 bridgehead atoms. The van der Waals surface area contributed by atoms with E-state index in [2.05, 4.69) is 6.92 Å². The quantitative estimate of drug-likeness (QED) is 0.777. The van der Waals surface area contributed by atoms with Crippen molar-refractivity contribution in [3.63, 3.8) is 0 Å². The van der Waals surface area contributed by atoms with Crippen molar-refractivity contribution >= 4 is 5.91 Å². The minimum absolute atomic E-state index is 0.184. The van der Waals surface area contributed by atoms with Crippen molar-refractivity contribution in [2.24, 2.45) is 17.6 Å². The minimum atomic E-state index is -0.604. The molecule has 1 saturated carbocycles. The lowest BCUT2D eigenvalue weighted by Crippen LogP contribution is -2.55. The molecule has 16 heavy (non-hydrogen) atoms. The summed E-state index contributed by atoms with van der Waals surface area (Å²) in [4.78, 5) is 14.4. The van der Waals surface area contributed by atoms with Crippen LogP contribution in [0.5, 0.6) is 0 Å². The second kappa shape index (κ2) is 4.36. The van der Waals surface area contributed by atoms with E-state index < -0.39 is 5.54 Å². The maximum atomic E-state index is 12.4. The van der Waals surface area contributed by atoms with E-state index in [0.29, 0.717) is 5.92 Å². The molecule has 3 nitrogen and oxygen atoms in total. The first kappa shape index (κ1) is 11.9. The summed E-state index contributed by atoms with van der Waals surface area (Å²) in [6, 6.07) is 0. The Morgan fingerprint density at radius 2 is 1.94 bits per heavy atom. The fourth-order valence-electron chi connectivity index (χ4n) is 2.66. The predicted molar refractivity (Wildman–Crippen MR) is 64.9 cm³/mol. The molecule has 2 rings (SSSR count). The first-order chi connectivity index (χ1) is 7.51. The third-order valence-corrected chi connectivity index (χ3v) is 4.19. The van der Waals surface area contributed by atoms with Gasteiger partial charge >= 0.3 is 0 Å². The second-order valence-electron chi connectivity index (χ2n) is 5.89. The molecule has 2 fully saturated rings. The van der Waals surface area contributed by atoms with Crippen LogP contribution in [0.3, 0.4) is 0 Å². The van der Waals surface area contributed by atoms with Crippen molar-refractivity contribution in [1.29, 1.82) is 0 Å². The van der Waals surface area contributed by atoms with Crippen LogP contribution in [-0.4, -0.2) is 29.4 Å². The van der Waals surface area contributed by atoms with Crippen molar-refractivity contribution < 1.29 is 4.79 Å². The molecule has 0 spiro atoms. The smallest absolute Gasteiger partial charge is 0.242 e. The van der Waals surface area contributed by atoms with Crippen LogP contribution in [0.2, 0.25) is 0 Å². The van der Waals surface area contributed by atoms with E-state index >= 15 is 0 Å².